The highest BCUT2D eigenvalue weighted by Gasteiger charge is 2.34. The molecule has 2 N–H and O–H groups in total. The molecule has 5 nitrogen and oxygen atoms in total. The molecule has 5 heteroatoms. The van der Waals surface area contributed by atoms with Crippen molar-refractivity contribution in [1.29, 1.82) is 0 Å². The Morgan fingerprint density at radius 1 is 1.42 bits per heavy atom. The molecule has 0 bridgehead atoms. The highest BCUT2D eigenvalue weighted by molar-refractivity contribution is 5.74. The van der Waals surface area contributed by atoms with Crippen LogP contribution >= 0.6 is 0 Å². The van der Waals surface area contributed by atoms with E-state index >= 15 is 0 Å². The molecule has 0 spiro atoms. The summed E-state index contributed by atoms with van der Waals surface area (Å²) in [5.74, 6) is -0.716. The van der Waals surface area contributed by atoms with E-state index in [2.05, 4.69) is 17.3 Å². The predicted molar refractivity (Wildman–Crippen MR) is 74.9 cm³/mol. The monoisotopic (exact) mass is 267 g/mol. The van der Waals surface area contributed by atoms with Gasteiger partial charge >= 0.3 is 5.97 Å². The van der Waals surface area contributed by atoms with Crippen LogP contribution in [0.25, 0.3) is 0 Å². The molecule has 0 saturated carbocycles. The molecule has 19 heavy (non-hydrogen) atoms. The first-order chi connectivity index (χ1) is 9.07. The molecule has 0 unspecified atom stereocenters. The normalized spacial score (nSPS) is 11.7. The van der Waals surface area contributed by atoms with Gasteiger partial charge in [-0.25, -0.2) is 0 Å². The minimum absolute atomic E-state index is 0.494. The Morgan fingerprint density at radius 2 is 2.11 bits per heavy atom. The minimum atomic E-state index is -0.716. The van der Waals surface area contributed by atoms with E-state index in [0.717, 1.165) is 18.5 Å². The van der Waals surface area contributed by atoms with Gasteiger partial charge in [-0.1, -0.05) is 20.8 Å². The molecule has 0 aromatic carbocycles. The molecule has 1 heterocycles. The Labute approximate surface area is 115 Å². The van der Waals surface area contributed by atoms with Crippen molar-refractivity contribution in [3.05, 3.63) is 18.0 Å². The van der Waals surface area contributed by atoms with Crippen LogP contribution in [-0.4, -0.2) is 27.4 Å². The highest BCUT2D eigenvalue weighted by atomic mass is 16.4. The lowest BCUT2D eigenvalue weighted by molar-refractivity contribution is -0.149. The summed E-state index contributed by atoms with van der Waals surface area (Å²) in [4.78, 5) is 11.4. The number of carbonyl (C=O) groups is 1. The van der Waals surface area contributed by atoms with Crippen LogP contribution in [0, 0.1) is 5.41 Å². The third-order valence-electron chi connectivity index (χ3n) is 3.74. The molecule has 0 radical (unpaired) electrons. The number of hydrogen-bond acceptors (Lipinski definition) is 3. The van der Waals surface area contributed by atoms with Crippen LogP contribution < -0.4 is 5.32 Å². The zero-order chi connectivity index (χ0) is 14.3. The van der Waals surface area contributed by atoms with E-state index in [1.165, 1.54) is 0 Å². The predicted octanol–water partition coefficient (Wildman–Crippen LogP) is 2.27. The Balaban J connectivity index is 2.49. The van der Waals surface area contributed by atoms with Crippen LogP contribution in [0.2, 0.25) is 0 Å². The number of nitrogens with zero attached hydrogens (tertiary/aromatic N) is 2. The van der Waals surface area contributed by atoms with Crippen molar-refractivity contribution >= 4 is 5.97 Å². The van der Waals surface area contributed by atoms with Gasteiger partial charge in [0.2, 0.25) is 0 Å². The van der Waals surface area contributed by atoms with Crippen molar-refractivity contribution in [2.75, 3.05) is 6.54 Å². The zero-order valence-corrected chi connectivity index (χ0v) is 12.1. The number of aromatic nitrogens is 2. The Bertz CT molecular complexity index is 397. The number of rotatable bonds is 9. The number of aryl methyl sites for hydroxylation is 1. The van der Waals surface area contributed by atoms with Gasteiger partial charge in [-0.05, 0) is 19.3 Å². The number of hydrogen-bond donors (Lipinski definition) is 2. The zero-order valence-electron chi connectivity index (χ0n) is 12.1. The second-order valence-electron chi connectivity index (χ2n) is 5.01. The molecule has 0 aliphatic heterocycles. The highest BCUT2D eigenvalue weighted by Crippen LogP contribution is 2.25. The van der Waals surface area contributed by atoms with Crippen LogP contribution in [0.5, 0.6) is 0 Å². The summed E-state index contributed by atoms with van der Waals surface area (Å²) >= 11 is 0. The molecule has 108 valence electrons. The van der Waals surface area contributed by atoms with E-state index in [0.29, 0.717) is 25.9 Å². The molecule has 1 rings (SSSR count). The number of carboxylic acids is 1. The van der Waals surface area contributed by atoms with Gasteiger partial charge in [0.05, 0.1) is 11.6 Å². The van der Waals surface area contributed by atoms with Crippen LogP contribution in [0.1, 0.15) is 45.6 Å². The van der Waals surface area contributed by atoms with Crippen molar-refractivity contribution < 1.29 is 9.90 Å². The van der Waals surface area contributed by atoms with Crippen molar-refractivity contribution in [3.63, 3.8) is 0 Å². The fourth-order valence-electron chi connectivity index (χ4n) is 2.17. The van der Waals surface area contributed by atoms with Gasteiger partial charge in [-0.3, -0.25) is 9.48 Å². The largest absolute Gasteiger partial charge is 0.481 e. The Hall–Kier alpha value is -1.36. The van der Waals surface area contributed by atoms with Gasteiger partial charge in [0.15, 0.2) is 0 Å². The molecule has 0 aliphatic carbocycles. The first kappa shape index (κ1) is 15.7. The summed E-state index contributed by atoms with van der Waals surface area (Å²) < 4.78 is 1.92. The average Bonchev–Trinajstić information content (AvgIpc) is 2.83. The van der Waals surface area contributed by atoms with Crippen molar-refractivity contribution in [2.24, 2.45) is 5.41 Å². The smallest absolute Gasteiger partial charge is 0.310 e. The minimum Gasteiger partial charge on any atom is -0.481 e. The van der Waals surface area contributed by atoms with Gasteiger partial charge < -0.3 is 10.4 Å². The van der Waals surface area contributed by atoms with E-state index < -0.39 is 11.4 Å². The fraction of sp³-hybridized carbons (Fsp3) is 0.714. The van der Waals surface area contributed by atoms with Gasteiger partial charge in [0.25, 0.3) is 0 Å². The second-order valence-corrected chi connectivity index (χ2v) is 5.01. The Kier molecular flexibility index (Phi) is 6.02. The van der Waals surface area contributed by atoms with Crippen LogP contribution in [0.3, 0.4) is 0 Å². The summed E-state index contributed by atoms with van der Waals surface area (Å²) in [6.45, 7) is 8.05. The van der Waals surface area contributed by atoms with Crippen LogP contribution in [0.15, 0.2) is 12.4 Å². The van der Waals surface area contributed by atoms with Crippen LogP contribution in [-0.2, 0) is 17.9 Å². The fourth-order valence-corrected chi connectivity index (χ4v) is 2.17. The number of aliphatic carboxylic acids is 1. The molecule has 0 fully saturated rings. The maximum Gasteiger partial charge on any atom is 0.310 e. The number of nitrogens with one attached hydrogen (secondary N) is 1. The third-order valence-corrected chi connectivity index (χ3v) is 3.74. The van der Waals surface area contributed by atoms with E-state index in [-0.39, 0.29) is 0 Å². The summed E-state index contributed by atoms with van der Waals surface area (Å²) in [7, 11) is 0. The second kappa shape index (κ2) is 7.28. The molecule has 0 aliphatic rings. The lowest BCUT2D eigenvalue weighted by Crippen LogP contribution is -2.39. The number of carboxylic acid groups (broad SMARTS) is 1. The quantitative estimate of drug-likeness (QED) is 0.720. The van der Waals surface area contributed by atoms with E-state index in [9.17, 15) is 9.90 Å². The topological polar surface area (TPSA) is 67.2 Å². The maximum atomic E-state index is 11.4. The molecule has 0 atom stereocenters. The average molecular weight is 267 g/mol. The molecule has 1 aromatic rings. The Morgan fingerprint density at radius 3 is 2.63 bits per heavy atom. The maximum absolute atomic E-state index is 11.4. The lowest BCUT2D eigenvalue weighted by atomic mass is 9.82. The summed E-state index contributed by atoms with van der Waals surface area (Å²) in [6.07, 6.45) is 6.18. The van der Waals surface area contributed by atoms with E-state index in [4.69, 9.17) is 0 Å². The summed E-state index contributed by atoms with van der Waals surface area (Å²) in [5, 5.41) is 16.8. The molecule has 1 aromatic heterocycles. The van der Waals surface area contributed by atoms with Gasteiger partial charge in [-0.2, -0.15) is 5.10 Å². The van der Waals surface area contributed by atoms with Crippen molar-refractivity contribution in [1.82, 2.24) is 15.1 Å². The van der Waals surface area contributed by atoms with Gasteiger partial charge in [0.1, 0.15) is 0 Å². The molecular weight excluding hydrogens is 242 g/mol. The standard InChI is InChI=1S/C14H25N3O2/c1-4-7-17-10-12(9-16-17)8-15-11-14(5-2,6-3)13(18)19/h9-10,15H,4-8,11H2,1-3H3,(H,18,19). The SMILES string of the molecule is CCCn1cc(CNCC(CC)(CC)C(=O)O)cn1. The molecule has 0 amide bonds. The van der Waals surface area contributed by atoms with Gasteiger partial charge in [0, 0.05) is 31.4 Å². The molecule has 0 saturated heterocycles. The van der Waals surface area contributed by atoms with Crippen LogP contribution in [0.4, 0.5) is 0 Å². The lowest BCUT2D eigenvalue weighted by Gasteiger charge is -2.26. The summed E-state index contributed by atoms with van der Waals surface area (Å²) in [5.41, 5.74) is 0.444. The third kappa shape index (κ3) is 4.06. The van der Waals surface area contributed by atoms with Crippen molar-refractivity contribution in [2.45, 2.75) is 53.1 Å². The summed E-state index contributed by atoms with van der Waals surface area (Å²) in [6, 6.07) is 0. The molecular formula is C14H25N3O2. The first-order valence-corrected chi connectivity index (χ1v) is 7.03. The van der Waals surface area contributed by atoms with Crippen molar-refractivity contribution in [3.8, 4) is 0 Å². The van der Waals surface area contributed by atoms with E-state index in [1.54, 1.807) is 0 Å². The van der Waals surface area contributed by atoms with E-state index in [1.807, 2.05) is 30.9 Å². The van der Waals surface area contributed by atoms with Gasteiger partial charge in [-0.15, -0.1) is 0 Å². The first-order valence-electron chi connectivity index (χ1n) is 7.03.